The first-order valence-corrected chi connectivity index (χ1v) is 15.4. The minimum Gasteiger partial charge on any atom is -0.494 e. The minimum absolute atomic E-state index is 0. The maximum absolute atomic E-state index is 11.7. The number of aryl methyl sites for hydroxylation is 1. The van der Waals surface area contributed by atoms with Gasteiger partial charge in [-0.3, -0.25) is 0 Å². The van der Waals surface area contributed by atoms with Crippen LogP contribution in [0.4, 0.5) is 0 Å². The topological polar surface area (TPSA) is 55.8 Å². The highest BCUT2D eigenvalue weighted by molar-refractivity contribution is 5.91. The molecule has 0 saturated carbocycles. The van der Waals surface area contributed by atoms with Gasteiger partial charge >= 0.3 is 5.97 Å². The highest BCUT2D eigenvalue weighted by atomic mass is 35.5. The monoisotopic (exact) mass is 560 g/mol. The van der Waals surface area contributed by atoms with Gasteiger partial charge < -0.3 is 14.6 Å². The van der Waals surface area contributed by atoms with Crippen molar-refractivity contribution >= 4 is 18.4 Å². The lowest BCUT2D eigenvalue weighted by molar-refractivity contribution is 0.0691. The molecule has 2 aromatic rings. The second-order valence-electron chi connectivity index (χ2n) is 10.6. The molecule has 0 heterocycles. The Morgan fingerprint density at radius 1 is 0.641 bits per heavy atom. The maximum atomic E-state index is 11.7. The molecule has 0 unspecified atom stereocenters. The van der Waals surface area contributed by atoms with Crippen molar-refractivity contribution in [2.45, 2.75) is 122 Å². The number of carboxylic acid groups (broad SMARTS) is 1. The summed E-state index contributed by atoms with van der Waals surface area (Å²) >= 11 is 0. The van der Waals surface area contributed by atoms with Gasteiger partial charge in [0.05, 0.1) is 13.2 Å². The van der Waals surface area contributed by atoms with Gasteiger partial charge in [0.1, 0.15) is 17.1 Å². The van der Waals surface area contributed by atoms with E-state index in [0.717, 1.165) is 25.7 Å². The molecule has 0 radical (unpaired) electrons. The summed E-state index contributed by atoms with van der Waals surface area (Å²) in [6.07, 6.45) is 23.2. The average molecular weight is 561 g/mol. The Hall–Kier alpha value is -2.20. The Labute approximate surface area is 244 Å². The number of aromatic carboxylic acids is 1. The van der Waals surface area contributed by atoms with Crippen LogP contribution in [0.25, 0.3) is 0 Å². The second-order valence-corrected chi connectivity index (χ2v) is 10.6. The van der Waals surface area contributed by atoms with Gasteiger partial charge in [-0.1, -0.05) is 134 Å². The van der Waals surface area contributed by atoms with Crippen LogP contribution in [-0.4, -0.2) is 24.3 Å². The lowest BCUT2D eigenvalue weighted by atomic mass is 10.0. The van der Waals surface area contributed by atoms with E-state index in [-0.39, 0.29) is 18.0 Å². The average Bonchev–Trinajstić information content (AvgIpc) is 2.93. The third-order valence-electron chi connectivity index (χ3n) is 7.16. The molecular weight excluding hydrogens is 508 g/mol. The minimum atomic E-state index is -0.990. The fourth-order valence-corrected chi connectivity index (χ4v) is 4.84. The summed E-state index contributed by atoms with van der Waals surface area (Å²) in [6, 6.07) is 15.3. The number of carbonyl (C=O) groups is 1. The molecule has 0 atom stereocenters. The van der Waals surface area contributed by atoms with Crippen LogP contribution in [0.3, 0.4) is 0 Å². The van der Waals surface area contributed by atoms with Crippen LogP contribution in [0.5, 0.6) is 11.5 Å². The first-order valence-electron chi connectivity index (χ1n) is 15.4. The lowest BCUT2D eigenvalue weighted by Gasteiger charge is -2.12. The predicted molar refractivity (Wildman–Crippen MR) is 166 cm³/mol. The molecule has 2 aromatic carbocycles. The van der Waals surface area contributed by atoms with Crippen molar-refractivity contribution in [3.05, 3.63) is 59.7 Å². The summed E-state index contributed by atoms with van der Waals surface area (Å²) in [6.45, 7) is 3.38. The summed E-state index contributed by atoms with van der Waals surface area (Å²) in [5.74, 6) is 0.0104. The number of hydrogen-bond acceptors (Lipinski definition) is 3. The smallest absolute Gasteiger partial charge is 0.339 e. The quantitative estimate of drug-likeness (QED) is 0.130. The molecule has 220 valence electrons. The van der Waals surface area contributed by atoms with Crippen molar-refractivity contribution in [1.29, 1.82) is 0 Å². The van der Waals surface area contributed by atoms with Crippen molar-refractivity contribution in [3.8, 4) is 11.5 Å². The maximum Gasteiger partial charge on any atom is 0.339 e. The molecule has 2 rings (SSSR count). The zero-order valence-corrected chi connectivity index (χ0v) is 25.2. The van der Waals surface area contributed by atoms with Crippen molar-refractivity contribution in [2.24, 2.45) is 0 Å². The van der Waals surface area contributed by atoms with Crippen LogP contribution in [-0.2, 0) is 6.42 Å². The molecule has 5 heteroatoms. The van der Waals surface area contributed by atoms with E-state index in [2.05, 4.69) is 19.1 Å². The van der Waals surface area contributed by atoms with Gasteiger partial charge in [-0.15, -0.1) is 12.4 Å². The molecule has 4 nitrogen and oxygen atoms in total. The number of carboxylic acids is 1. The van der Waals surface area contributed by atoms with Crippen molar-refractivity contribution in [3.63, 3.8) is 0 Å². The molecule has 0 saturated heterocycles. The molecule has 0 spiro atoms. The Morgan fingerprint density at radius 2 is 1.15 bits per heavy atom. The van der Waals surface area contributed by atoms with E-state index >= 15 is 0 Å². The molecule has 0 aliphatic heterocycles. The number of halogens is 1. The second kappa shape index (κ2) is 23.7. The third-order valence-corrected chi connectivity index (χ3v) is 7.16. The van der Waals surface area contributed by atoms with E-state index in [0.29, 0.717) is 24.7 Å². The molecular formula is C34H53ClO4. The molecule has 0 aliphatic rings. The Bertz CT molecular complexity index is 856. The standard InChI is InChI=1S/C34H52O4.ClH/c1-2-3-4-5-6-7-8-9-10-11-12-13-14-15-16-20-27-37-31-25-26-33(32(29-31)34(35)36)38-28-21-24-30-22-18-17-19-23-30;/h17-19,22-23,25-26,29H,2-16,20-21,24,27-28H2,1H3,(H,35,36);1H. The Morgan fingerprint density at radius 3 is 1.69 bits per heavy atom. The molecule has 0 amide bonds. The van der Waals surface area contributed by atoms with Gasteiger partial charge in [-0.2, -0.15) is 0 Å². The van der Waals surface area contributed by atoms with E-state index in [1.807, 2.05) is 24.3 Å². The van der Waals surface area contributed by atoms with Gasteiger partial charge in [0.25, 0.3) is 0 Å². The van der Waals surface area contributed by atoms with Crippen molar-refractivity contribution in [1.82, 2.24) is 0 Å². The zero-order valence-electron chi connectivity index (χ0n) is 24.3. The summed E-state index contributed by atoms with van der Waals surface area (Å²) in [7, 11) is 0. The summed E-state index contributed by atoms with van der Waals surface area (Å²) in [4.78, 5) is 11.7. The third kappa shape index (κ3) is 17.2. The van der Waals surface area contributed by atoms with Crippen LogP contribution in [0.1, 0.15) is 132 Å². The fraction of sp³-hybridized carbons (Fsp3) is 0.618. The molecule has 0 aliphatic carbocycles. The molecule has 39 heavy (non-hydrogen) atoms. The van der Waals surface area contributed by atoms with Gasteiger partial charge in [0.15, 0.2) is 0 Å². The SMILES string of the molecule is CCCCCCCCCCCCCCCCCCOc1ccc(OCCCc2ccccc2)c(C(=O)O)c1.Cl. The number of ether oxygens (including phenoxy) is 2. The summed E-state index contributed by atoms with van der Waals surface area (Å²) in [5.41, 5.74) is 1.42. The first kappa shape index (κ1) is 34.8. The van der Waals surface area contributed by atoms with Crippen LogP contribution in [0, 0.1) is 0 Å². The molecule has 0 aromatic heterocycles. The van der Waals surface area contributed by atoms with Crippen LogP contribution >= 0.6 is 12.4 Å². The van der Waals surface area contributed by atoms with Gasteiger partial charge in [-0.25, -0.2) is 4.79 Å². The zero-order chi connectivity index (χ0) is 27.1. The first-order chi connectivity index (χ1) is 18.7. The molecule has 0 bridgehead atoms. The highest BCUT2D eigenvalue weighted by Gasteiger charge is 2.13. The van der Waals surface area contributed by atoms with E-state index in [9.17, 15) is 9.90 Å². The van der Waals surface area contributed by atoms with Crippen molar-refractivity contribution < 1.29 is 19.4 Å². The van der Waals surface area contributed by atoms with Crippen LogP contribution in [0.2, 0.25) is 0 Å². The molecule has 1 N–H and O–H groups in total. The number of benzene rings is 2. The van der Waals surface area contributed by atoms with Gasteiger partial charge in [-0.05, 0) is 43.0 Å². The van der Waals surface area contributed by atoms with Crippen LogP contribution in [0.15, 0.2) is 48.5 Å². The van der Waals surface area contributed by atoms with Crippen molar-refractivity contribution in [2.75, 3.05) is 13.2 Å². The Balaban J connectivity index is 0.00000760. The van der Waals surface area contributed by atoms with E-state index in [1.165, 1.54) is 95.5 Å². The van der Waals surface area contributed by atoms with E-state index in [1.54, 1.807) is 12.1 Å². The largest absolute Gasteiger partial charge is 0.494 e. The predicted octanol–water partition coefficient (Wildman–Crippen LogP) is 10.5. The summed E-state index contributed by atoms with van der Waals surface area (Å²) in [5, 5.41) is 9.61. The van der Waals surface area contributed by atoms with Gasteiger partial charge in [0.2, 0.25) is 0 Å². The summed E-state index contributed by atoms with van der Waals surface area (Å²) < 4.78 is 11.6. The lowest BCUT2D eigenvalue weighted by Crippen LogP contribution is -2.06. The number of rotatable bonds is 24. The number of hydrogen-bond donors (Lipinski definition) is 1. The fourth-order valence-electron chi connectivity index (χ4n) is 4.84. The number of unbranched alkanes of at least 4 members (excludes halogenated alkanes) is 15. The van der Waals surface area contributed by atoms with Crippen LogP contribution < -0.4 is 9.47 Å². The van der Waals surface area contributed by atoms with Gasteiger partial charge in [0, 0.05) is 0 Å². The van der Waals surface area contributed by atoms with E-state index < -0.39 is 5.97 Å². The van der Waals surface area contributed by atoms with E-state index in [4.69, 9.17) is 9.47 Å². The highest BCUT2D eigenvalue weighted by Crippen LogP contribution is 2.25. The molecule has 0 fully saturated rings. The Kier molecular flexibility index (Phi) is 21.1. The normalized spacial score (nSPS) is 10.7.